The lowest BCUT2D eigenvalue weighted by Crippen LogP contribution is -2.50. The van der Waals surface area contributed by atoms with Gasteiger partial charge in [-0.1, -0.05) is 0 Å². The maximum Gasteiger partial charge on any atom is 0.338 e. The number of aromatic nitrogens is 1. The van der Waals surface area contributed by atoms with Crippen LogP contribution in [0.2, 0.25) is 0 Å². The zero-order valence-corrected chi connectivity index (χ0v) is 19.0. The van der Waals surface area contributed by atoms with Crippen LogP contribution in [0.5, 0.6) is 0 Å². The van der Waals surface area contributed by atoms with Gasteiger partial charge in [-0.15, -0.1) is 11.3 Å². The molecule has 1 aliphatic rings. The summed E-state index contributed by atoms with van der Waals surface area (Å²) in [6, 6.07) is 4.48. The Labute approximate surface area is 198 Å². The zero-order chi connectivity index (χ0) is 24.5. The molecule has 2 heterocycles. The van der Waals surface area contributed by atoms with Gasteiger partial charge in [0.15, 0.2) is 12.2 Å². The zero-order valence-electron chi connectivity index (χ0n) is 18.1. The van der Waals surface area contributed by atoms with E-state index in [9.17, 15) is 18.8 Å². The number of hydrogen-bond donors (Lipinski definition) is 3. The van der Waals surface area contributed by atoms with Gasteiger partial charge in [-0.25, -0.2) is 14.2 Å². The number of epoxide rings is 1. The van der Waals surface area contributed by atoms with Crippen molar-refractivity contribution in [2.75, 3.05) is 13.2 Å². The number of hydrogen-bond acceptors (Lipinski definition) is 10. The smallest absolute Gasteiger partial charge is 0.338 e. The topological polar surface area (TPSA) is 161 Å². The number of nitrogens with one attached hydrogen (secondary N) is 2. The summed E-state index contributed by atoms with van der Waals surface area (Å²) in [7, 11) is 0. The van der Waals surface area contributed by atoms with E-state index in [1.807, 2.05) is 0 Å². The number of nitrogens with zero attached hydrogens (tertiary/aromatic N) is 3. The van der Waals surface area contributed by atoms with Gasteiger partial charge in [0.25, 0.3) is 5.91 Å². The van der Waals surface area contributed by atoms with E-state index in [0.29, 0.717) is 11.4 Å². The van der Waals surface area contributed by atoms with Crippen LogP contribution in [0.1, 0.15) is 12.6 Å². The number of benzene rings is 1. The molecule has 1 aromatic heterocycles. The standard InChI is InChI=1S/C21H23FN6O5S/c1-2-32-21(31)18-17(33-18)20(30)27-16(7-14-10-34-11-26-14)19(29)25-9-15(28-23)8-24-13-5-3-12(22)4-6-13/h3-6,8,10-11,16-18H,2,7,9,23H2,1H3,(H,25,29)(H,27,30)/t16?,17-,18-/m0/s1. The molecular weight excluding hydrogens is 467 g/mol. The van der Waals surface area contributed by atoms with Crippen LogP contribution in [-0.4, -0.2) is 66.1 Å². The average molecular weight is 491 g/mol. The Balaban J connectivity index is 1.59. The molecule has 1 aliphatic heterocycles. The number of carbonyl (C=O) groups is 3. The summed E-state index contributed by atoms with van der Waals surface area (Å²) in [4.78, 5) is 45.3. The normalized spacial score (nSPS) is 18.4. The molecule has 180 valence electrons. The molecule has 13 heteroatoms. The minimum absolute atomic E-state index is 0.0746. The molecule has 2 amide bonds. The monoisotopic (exact) mass is 490 g/mol. The predicted molar refractivity (Wildman–Crippen MR) is 122 cm³/mol. The van der Waals surface area contributed by atoms with Gasteiger partial charge in [0.05, 0.1) is 42.0 Å². The summed E-state index contributed by atoms with van der Waals surface area (Å²) < 4.78 is 22.9. The number of halogens is 1. The van der Waals surface area contributed by atoms with Gasteiger partial charge in [-0.05, 0) is 31.2 Å². The van der Waals surface area contributed by atoms with E-state index in [1.165, 1.54) is 41.8 Å². The first kappa shape index (κ1) is 24.9. The molecule has 34 heavy (non-hydrogen) atoms. The number of ether oxygens (including phenoxy) is 2. The van der Waals surface area contributed by atoms with Crippen molar-refractivity contribution in [3.05, 3.63) is 46.7 Å². The first-order valence-corrected chi connectivity index (χ1v) is 11.2. The Kier molecular flexibility index (Phi) is 8.76. The fraction of sp³-hybridized carbons (Fsp3) is 0.333. The highest BCUT2D eigenvalue weighted by molar-refractivity contribution is 7.07. The van der Waals surface area contributed by atoms with Gasteiger partial charge in [-0.3, -0.25) is 14.6 Å². The quantitative estimate of drug-likeness (QED) is 0.136. The van der Waals surface area contributed by atoms with Crippen molar-refractivity contribution in [1.82, 2.24) is 15.6 Å². The first-order valence-electron chi connectivity index (χ1n) is 10.2. The molecule has 1 fully saturated rings. The summed E-state index contributed by atoms with van der Waals surface area (Å²) in [5.74, 6) is 3.22. The second-order valence-corrected chi connectivity index (χ2v) is 7.77. The molecule has 2 aromatic rings. The van der Waals surface area contributed by atoms with E-state index in [-0.39, 0.29) is 25.3 Å². The van der Waals surface area contributed by atoms with Crippen molar-refractivity contribution in [3.8, 4) is 0 Å². The van der Waals surface area contributed by atoms with Gasteiger partial charge >= 0.3 is 5.97 Å². The van der Waals surface area contributed by atoms with Gasteiger partial charge in [0.1, 0.15) is 11.9 Å². The van der Waals surface area contributed by atoms with Crippen LogP contribution >= 0.6 is 11.3 Å². The van der Waals surface area contributed by atoms with Gasteiger partial charge in [0, 0.05) is 11.8 Å². The van der Waals surface area contributed by atoms with Crippen LogP contribution in [0, 0.1) is 5.82 Å². The van der Waals surface area contributed by atoms with Crippen molar-refractivity contribution >= 4 is 46.7 Å². The minimum atomic E-state index is -1.02. The van der Waals surface area contributed by atoms with Crippen molar-refractivity contribution in [2.24, 2.45) is 15.9 Å². The lowest BCUT2D eigenvalue weighted by atomic mass is 10.1. The van der Waals surface area contributed by atoms with Crippen LogP contribution < -0.4 is 16.5 Å². The maximum atomic E-state index is 13.0. The molecule has 11 nitrogen and oxygen atoms in total. The molecule has 1 unspecified atom stereocenters. The second kappa shape index (κ2) is 12.0. The minimum Gasteiger partial charge on any atom is -0.464 e. The predicted octanol–water partition coefficient (Wildman–Crippen LogP) is 0.473. The van der Waals surface area contributed by atoms with E-state index in [0.717, 1.165) is 0 Å². The lowest BCUT2D eigenvalue weighted by Gasteiger charge is -2.17. The SMILES string of the molecule is CCOC(=O)[C@H]1O[C@@H]1C(=O)NC(Cc1cscn1)C(=O)NCC(C=Nc1ccc(F)cc1)=NN. The maximum absolute atomic E-state index is 13.0. The third-order valence-corrected chi connectivity index (χ3v) is 5.23. The Morgan fingerprint density at radius 2 is 2.09 bits per heavy atom. The molecule has 3 rings (SSSR count). The van der Waals surface area contributed by atoms with E-state index < -0.39 is 41.9 Å². The molecule has 0 spiro atoms. The number of esters is 1. The molecule has 0 bridgehead atoms. The van der Waals surface area contributed by atoms with E-state index in [4.69, 9.17) is 15.3 Å². The van der Waals surface area contributed by atoms with E-state index in [1.54, 1.807) is 17.8 Å². The number of carbonyl (C=O) groups excluding carboxylic acids is 3. The molecule has 3 atom stereocenters. The summed E-state index contributed by atoms with van der Waals surface area (Å²) in [5, 5.41) is 10.6. The fourth-order valence-electron chi connectivity index (χ4n) is 2.83. The van der Waals surface area contributed by atoms with Gasteiger partial charge in [-0.2, -0.15) is 5.10 Å². The fourth-order valence-corrected chi connectivity index (χ4v) is 3.40. The summed E-state index contributed by atoms with van der Waals surface area (Å²) in [6.45, 7) is 1.74. The van der Waals surface area contributed by atoms with Crippen LogP contribution in [0.15, 0.2) is 45.2 Å². The van der Waals surface area contributed by atoms with Crippen molar-refractivity contribution in [1.29, 1.82) is 0 Å². The summed E-state index contributed by atoms with van der Waals surface area (Å²) in [6.07, 6.45) is -0.546. The van der Waals surface area contributed by atoms with Crippen LogP contribution in [0.3, 0.4) is 0 Å². The van der Waals surface area contributed by atoms with Crippen molar-refractivity contribution in [3.63, 3.8) is 0 Å². The van der Waals surface area contributed by atoms with E-state index in [2.05, 4.69) is 25.7 Å². The molecule has 1 saturated heterocycles. The molecule has 1 aromatic carbocycles. The van der Waals surface area contributed by atoms with Crippen LogP contribution in [0.25, 0.3) is 0 Å². The highest BCUT2D eigenvalue weighted by atomic mass is 32.1. The van der Waals surface area contributed by atoms with Gasteiger partial charge in [0.2, 0.25) is 5.91 Å². The Morgan fingerprint density at radius 3 is 2.74 bits per heavy atom. The molecule has 0 radical (unpaired) electrons. The van der Waals surface area contributed by atoms with Crippen molar-refractivity contribution < 1.29 is 28.2 Å². The second-order valence-electron chi connectivity index (χ2n) is 7.05. The molecule has 0 saturated carbocycles. The number of thiazole rings is 1. The average Bonchev–Trinajstić information content (AvgIpc) is 3.48. The van der Waals surface area contributed by atoms with Crippen LogP contribution in [0.4, 0.5) is 10.1 Å². The number of nitrogens with two attached hydrogens (primary N) is 1. The summed E-state index contributed by atoms with van der Waals surface area (Å²) >= 11 is 1.35. The number of rotatable bonds is 11. The van der Waals surface area contributed by atoms with Crippen LogP contribution in [-0.2, 0) is 30.3 Å². The number of amides is 2. The molecular formula is C21H23FN6O5S. The Hall–Kier alpha value is -3.71. The molecule has 0 aliphatic carbocycles. The lowest BCUT2D eigenvalue weighted by molar-refractivity contribution is -0.144. The first-order chi connectivity index (χ1) is 16.4. The summed E-state index contributed by atoms with van der Waals surface area (Å²) in [5.41, 5.74) is 2.93. The highest BCUT2D eigenvalue weighted by Crippen LogP contribution is 2.24. The number of aliphatic imine (C=N–C) groups is 1. The van der Waals surface area contributed by atoms with E-state index >= 15 is 0 Å². The Bertz CT molecular complexity index is 1060. The Morgan fingerprint density at radius 1 is 1.32 bits per heavy atom. The molecule has 4 N–H and O–H groups in total. The highest BCUT2D eigenvalue weighted by Gasteiger charge is 2.52. The largest absolute Gasteiger partial charge is 0.464 e. The third kappa shape index (κ3) is 7.15. The van der Waals surface area contributed by atoms with Gasteiger partial charge < -0.3 is 25.9 Å². The number of hydrazone groups is 1. The van der Waals surface area contributed by atoms with Crippen molar-refractivity contribution in [2.45, 2.75) is 31.6 Å². The third-order valence-electron chi connectivity index (χ3n) is 4.60.